The van der Waals surface area contributed by atoms with Gasteiger partial charge in [-0.25, -0.2) is 8.78 Å². The predicted octanol–water partition coefficient (Wildman–Crippen LogP) is 7.09. The van der Waals surface area contributed by atoms with Crippen molar-refractivity contribution in [1.82, 2.24) is 0 Å². The molecule has 6 unspecified atom stereocenters. The number of rotatable bonds is 4. The minimum Gasteiger partial charge on any atom is -0.247 e. The fourth-order valence-electron chi connectivity index (χ4n) is 5.97. The quantitative estimate of drug-likeness (QED) is 0.469. The summed E-state index contributed by atoms with van der Waals surface area (Å²) in [5.41, 5.74) is 0. The first-order valence-corrected chi connectivity index (χ1v) is 10.9. The van der Waals surface area contributed by atoms with Gasteiger partial charge >= 0.3 is 0 Å². The SMILES string of the molecule is CCCC1CCC(C2CCC(C3CCC(Cl)CC3)CC2F)CC1F. The van der Waals surface area contributed by atoms with Crippen molar-refractivity contribution in [3.63, 3.8) is 0 Å². The van der Waals surface area contributed by atoms with Crippen LogP contribution in [-0.4, -0.2) is 17.7 Å². The normalized spacial score (nSPS) is 47.5. The summed E-state index contributed by atoms with van der Waals surface area (Å²) in [6.07, 6.45) is 10.8. The molecule has 0 saturated heterocycles. The Kier molecular flexibility index (Phi) is 6.85. The lowest BCUT2D eigenvalue weighted by molar-refractivity contribution is 0.0143. The molecule has 0 aromatic carbocycles. The van der Waals surface area contributed by atoms with Crippen LogP contribution in [0.3, 0.4) is 0 Å². The molecular weight excluding hydrogens is 326 g/mol. The molecule has 3 fully saturated rings. The summed E-state index contributed by atoms with van der Waals surface area (Å²) < 4.78 is 29.4. The van der Waals surface area contributed by atoms with Crippen molar-refractivity contribution in [2.24, 2.45) is 29.6 Å². The highest BCUT2D eigenvalue weighted by Crippen LogP contribution is 2.47. The first-order chi connectivity index (χ1) is 11.6. The molecule has 24 heavy (non-hydrogen) atoms. The van der Waals surface area contributed by atoms with Gasteiger partial charge in [0.05, 0.1) is 0 Å². The molecule has 0 heterocycles. The highest BCUT2D eigenvalue weighted by atomic mass is 35.5. The van der Waals surface area contributed by atoms with Gasteiger partial charge in [-0.2, -0.15) is 0 Å². The molecule has 3 saturated carbocycles. The van der Waals surface area contributed by atoms with E-state index < -0.39 is 12.3 Å². The standard InChI is InChI=1S/C21H35ClF2/c1-2-3-15-4-5-17(13-20(15)23)19-11-8-16(12-21(19)24)14-6-9-18(22)10-7-14/h14-21H,2-13H2,1H3. The number of alkyl halides is 3. The molecule has 3 heteroatoms. The molecule has 0 spiro atoms. The zero-order valence-corrected chi connectivity index (χ0v) is 16.0. The summed E-state index contributed by atoms with van der Waals surface area (Å²) in [6, 6.07) is 0. The predicted molar refractivity (Wildman–Crippen MR) is 98.0 cm³/mol. The van der Waals surface area contributed by atoms with Crippen LogP contribution >= 0.6 is 11.6 Å². The molecule has 0 aromatic rings. The van der Waals surface area contributed by atoms with E-state index in [-0.39, 0.29) is 11.8 Å². The minimum atomic E-state index is -0.697. The number of hydrogen-bond donors (Lipinski definition) is 0. The van der Waals surface area contributed by atoms with Crippen LogP contribution in [0.15, 0.2) is 0 Å². The summed E-state index contributed by atoms with van der Waals surface area (Å²) in [5.74, 6) is 1.91. The van der Waals surface area contributed by atoms with Crippen molar-refractivity contribution in [3.8, 4) is 0 Å². The Morgan fingerprint density at radius 1 is 0.750 bits per heavy atom. The van der Waals surface area contributed by atoms with E-state index in [9.17, 15) is 8.78 Å². The number of hydrogen-bond acceptors (Lipinski definition) is 0. The van der Waals surface area contributed by atoms with E-state index >= 15 is 0 Å². The summed E-state index contributed by atoms with van der Waals surface area (Å²) >= 11 is 6.21. The van der Waals surface area contributed by atoms with Crippen LogP contribution in [-0.2, 0) is 0 Å². The zero-order chi connectivity index (χ0) is 17.1. The van der Waals surface area contributed by atoms with E-state index in [0.29, 0.717) is 29.6 Å². The van der Waals surface area contributed by atoms with Crippen LogP contribution in [0.4, 0.5) is 8.78 Å². The van der Waals surface area contributed by atoms with Crippen molar-refractivity contribution >= 4 is 11.6 Å². The van der Waals surface area contributed by atoms with E-state index in [1.807, 2.05) is 0 Å². The third-order valence-corrected chi connectivity index (χ3v) is 7.88. The van der Waals surface area contributed by atoms with Crippen LogP contribution < -0.4 is 0 Å². The molecule has 0 radical (unpaired) electrons. The molecular formula is C21H35ClF2. The molecule has 0 aliphatic heterocycles. The second-order valence-corrected chi connectivity index (χ2v) is 9.52. The molecule has 0 bridgehead atoms. The maximum absolute atomic E-state index is 14.9. The van der Waals surface area contributed by atoms with E-state index in [1.54, 1.807) is 0 Å². The maximum atomic E-state index is 14.9. The Labute approximate surface area is 152 Å². The molecule has 0 amide bonds. The van der Waals surface area contributed by atoms with Crippen molar-refractivity contribution in [2.75, 3.05) is 0 Å². The Morgan fingerprint density at radius 2 is 1.38 bits per heavy atom. The lowest BCUT2D eigenvalue weighted by Gasteiger charge is -2.43. The molecule has 0 aromatic heterocycles. The van der Waals surface area contributed by atoms with E-state index in [1.165, 1.54) is 12.8 Å². The molecule has 0 N–H and O–H groups in total. The minimum absolute atomic E-state index is 0.131. The second-order valence-electron chi connectivity index (χ2n) is 8.90. The van der Waals surface area contributed by atoms with Gasteiger partial charge in [0.15, 0.2) is 0 Å². The summed E-state index contributed by atoms with van der Waals surface area (Å²) in [5, 5.41) is 0.346. The fraction of sp³-hybridized carbons (Fsp3) is 1.00. The molecule has 140 valence electrons. The highest BCUT2D eigenvalue weighted by molar-refractivity contribution is 6.20. The molecule has 6 atom stereocenters. The summed E-state index contributed by atoms with van der Waals surface area (Å²) in [7, 11) is 0. The number of halogens is 3. The van der Waals surface area contributed by atoms with Crippen molar-refractivity contribution in [3.05, 3.63) is 0 Å². The van der Waals surface area contributed by atoms with Crippen molar-refractivity contribution < 1.29 is 8.78 Å². The van der Waals surface area contributed by atoms with Gasteiger partial charge in [-0.15, -0.1) is 11.6 Å². The summed E-state index contributed by atoms with van der Waals surface area (Å²) in [4.78, 5) is 0. The lowest BCUT2D eigenvalue weighted by Crippen LogP contribution is -2.39. The molecule has 3 aliphatic rings. The van der Waals surface area contributed by atoms with Gasteiger partial charge in [-0.3, -0.25) is 0 Å². The lowest BCUT2D eigenvalue weighted by atomic mass is 9.64. The molecule has 0 nitrogen and oxygen atoms in total. The third-order valence-electron chi connectivity index (χ3n) is 7.44. The average molecular weight is 361 g/mol. The molecule has 3 rings (SSSR count). The molecule has 3 aliphatic carbocycles. The van der Waals surface area contributed by atoms with Crippen LogP contribution in [0.1, 0.15) is 84.0 Å². The van der Waals surface area contributed by atoms with Crippen LogP contribution in [0, 0.1) is 29.6 Å². The Hall–Kier alpha value is 0.150. The van der Waals surface area contributed by atoms with Gasteiger partial charge in [0.1, 0.15) is 12.3 Å². The fourth-order valence-corrected chi connectivity index (χ4v) is 6.22. The van der Waals surface area contributed by atoms with E-state index in [0.717, 1.165) is 57.8 Å². The Morgan fingerprint density at radius 3 is 2.00 bits per heavy atom. The van der Waals surface area contributed by atoms with Gasteiger partial charge in [-0.05, 0) is 100 Å². The third kappa shape index (κ3) is 4.46. The zero-order valence-electron chi connectivity index (χ0n) is 15.2. The first-order valence-electron chi connectivity index (χ1n) is 10.5. The van der Waals surface area contributed by atoms with Crippen LogP contribution in [0.2, 0.25) is 0 Å². The smallest absolute Gasteiger partial charge is 0.103 e. The van der Waals surface area contributed by atoms with Gasteiger partial charge in [0, 0.05) is 5.38 Å². The van der Waals surface area contributed by atoms with E-state index in [4.69, 9.17) is 11.6 Å². The first kappa shape index (κ1) is 18.9. The average Bonchev–Trinajstić information content (AvgIpc) is 2.57. The monoisotopic (exact) mass is 360 g/mol. The van der Waals surface area contributed by atoms with Crippen LogP contribution in [0.5, 0.6) is 0 Å². The van der Waals surface area contributed by atoms with Gasteiger partial charge in [0.25, 0.3) is 0 Å². The van der Waals surface area contributed by atoms with E-state index in [2.05, 4.69) is 6.92 Å². The van der Waals surface area contributed by atoms with Crippen molar-refractivity contribution in [1.29, 1.82) is 0 Å². The highest BCUT2D eigenvalue weighted by Gasteiger charge is 2.41. The largest absolute Gasteiger partial charge is 0.247 e. The van der Waals surface area contributed by atoms with Gasteiger partial charge in [-0.1, -0.05) is 13.3 Å². The second kappa shape index (κ2) is 8.69. The van der Waals surface area contributed by atoms with Crippen LogP contribution in [0.25, 0.3) is 0 Å². The van der Waals surface area contributed by atoms with Gasteiger partial charge in [0.2, 0.25) is 0 Å². The van der Waals surface area contributed by atoms with Gasteiger partial charge < -0.3 is 0 Å². The van der Waals surface area contributed by atoms with Crippen molar-refractivity contribution in [2.45, 2.75) is 102 Å². The summed E-state index contributed by atoms with van der Waals surface area (Å²) in [6.45, 7) is 2.13. The Bertz CT molecular complexity index is 380. The topological polar surface area (TPSA) is 0 Å². The Balaban J connectivity index is 1.49. The maximum Gasteiger partial charge on any atom is 0.103 e.